The Bertz CT molecular complexity index is 992. The molecule has 0 aliphatic carbocycles. The average Bonchev–Trinajstić information content (AvgIpc) is 2.66. The maximum atomic E-state index is 12.8. The van der Waals surface area contributed by atoms with E-state index in [4.69, 9.17) is 4.74 Å². The van der Waals surface area contributed by atoms with Gasteiger partial charge >= 0.3 is 6.18 Å². The molecule has 0 radical (unpaired) electrons. The zero-order chi connectivity index (χ0) is 20.5. The quantitative estimate of drug-likeness (QED) is 0.833. The van der Waals surface area contributed by atoms with E-state index in [9.17, 15) is 26.4 Å². The molecule has 0 saturated heterocycles. The fourth-order valence-corrected chi connectivity index (χ4v) is 3.88. The van der Waals surface area contributed by atoms with Crippen molar-refractivity contribution >= 4 is 27.3 Å². The highest BCUT2D eigenvalue weighted by Gasteiger charge is 2.36. The lowest BCUT2D eigenvalue weighted by atomic mass is 10.1. The Balaban J connectivity index is 1.85. The summed E-state index contributed by atoms with van der Waals surface area (Å²) in [4.78, 5) is 12.6. The molecule has 28 heavy (non-hydrogen) atoms. The van der Waals surface area contributed by atoms with Crippen LogP contribution in [0.2, 0.25) is 0 Å². The lowest BCUT2D eigenvalue weighted by molar-refractivity contribution is -0.137. The number of halogens is 3. The Labute approximate surface area is 160 Å². The molecule has 10 heteroatoms. The van der Waals surface area contributed by atoms with E-state index in [1.54, 1.807) is 18.2 Å². The highest BCUT2D eigenvalue weighted by molar-refractivity contribution is 7.92. The van der Waals surface area contributed by atoms with Crippen LogP contribution >= 0.6 is 0 Å². The lowest BCUT2D eigenvalue weighted by Crippen LogP contribution is -2.49. The van der Waals surface area contributed by atoms with Crippen LogP contribution in [-0.4, -0.2) is 32.7 Å². The highest BCUT2D eigenvalue weighted by Crippen LogP contribution is 2.35. The van der Waals surface area contributed by atoms with Crippen molar-refractivity contribution in [3.63, 3.8) is 0 Å². The number of rotatable bonds is 4. The molecule has 0 aromatic heterocycles. The van der Waals surface area contributed by atoms with Crippen molar-refractivity contribution in [1.82, 2.24) is 0 Å². The minimum Gasteiger partial charge on any atom is -0.476 e. The SMILES string of the molecule is CCS(=O)(=O)N1C[C@@H](C(=O)Nc2cccc(C(F)(F)F)c2)Oc2ccccc21. The van der Waals surface area contributed by atoms with Crippen LogP contribution in [0, 0.1) is 0 Å². The number of hydrogen-bond donors (Lipinski definition) is 1. The van der Waals surface area contributed by atoms with Crippen LogP contribution in [0.25, 0.3) is 0 Å². The van der Waals surface area contributed by atoms with Gasteiger partial charge in [-0.25, -0.2) is 8.42 Å². The second-order valence-corrected chi connectivity index (χ2v) is 8.26. The van der Waals surface area contributed by atoms with E-state index in [2.05, 4.69) is 5.32 Å². The molecular formula is C18H17F3N2O4S. The standard InChI is InChI=1S/C18H17F3N2O4S/c1-2-28(25,26)23-11-16(27-15-9-4-3-8-14(15)23)17(24)22-13-7-5-6-12(10-13)18(19,20)21/h3-10,16H,2,11H2,1H3,(H,22,24)/t16-/m0/s1. The van der Waals surface area contributed by atoms with Crippen LogP contribution in [0.15, 0.2) is 48.5 Å². The molecule has 2 aromatic rings. The molecule has 0 spiro atoms. The van der Waals surface area contributed by atoms with Gasteiger partial charge in [0.1, 0.15) is 5.75 Å². The minimum absolute atomic E-state index is 0.0628. The summed E-state index contributed by atoms with van der Waals surface area (Å²) in [6, 6.07) is 10.5. The Morgan fingerprint density at radius 3 is 2.61 bits per heavy atom. The Hall–Kier alpha value is -2.75. The van der Waals surface area contributed by atoms with Crippen molar-refractivity contribution in [2.45, 2.75) is 19.2 Å². The molecule has 1 amide bonds. The Morgan fingerprint density at radius 2 is 1.93 bits per heavy atom. The van der Waals surface area contributed by atoms with Crippen molar-refractivity contribution in [1.29, 1.82) is 0 Å². The maximum Gasteiger partial charge on any atom is 0.416 e. The van der Waals surface area contributed by atoms with Crippen molar-refractivity contribution in [3.05, 3.63) is 54.1 Å². The fourth-order valence-electron chi connectivity index (χ4n) is 2.75. The summed E-state index contributed by atoms with van der Waals surface area (Å²) in [7, 11) is -3.68. The number of para-hydroxylation sites is 2. The number of carbonyl (C=O) groups is 1. The van der Waals surface area contributed by atoms with Crippen molar-refractivity contribution in [3.8, 4) is 5.75 Å². The maximum absolute atomic E-state index is 12.8. The molecular weight excluding hydrogens is 397 g/mol. The molecule has 0 bridgehead atoms. The summed E-state index contributed by atoms with van der Waals surface area (Å²) in [5, 5.41) is 2.36. The zero-order valence-corrected chi connectivity index (χ0v) is 15.5. The summed E-state index contributed by atoms with van der Waals surface area (Å²) < 4.78 is 70.0. The van der Waals surface area contributed by atoms with E-state index in [-0.39, 0.29) is 23.7 Å². The van der Waals surface area contributed by atoms with Gasteiger partial charge < -0.3 is 10.1 Å². The molecule has 150 valence electrons. The number of sulfonamides is 1. The molecule has 1 N–H and O–H groups in total. The predicted octanol–water partition coefficient (Wildman–Crippen LogP) is 3.26. The number of ether oxygens (including phenoxy) is 1. The van der Waals surface area contributed by atoms with Gasteiger partial charge in [0.25, 0.3) is 5.91 Å². The molecule has 2 aromatic carbocycles. The molecule has 1 heterocycles. The number of fused-ring (bicyclic) bond motifs is 1. The van der Waals surface area contributed by atoms with E-state index in [0.29, 0.717) is 5.69 Å². The number of nitrogens with zero attached hydrogens (tertiary/aromatic N) is 1. The van der Waals surface area contributed by atoms with Crippen LogP contribution < -0.4 is 14.4 Å². The largest absolute Gasteiger partial charge is 0.476 e. The van der Waals surface area contributed by atoms with Crippen molar-refractivity contribution < 1.29 is 31.1 Å². The van der Waals surface area contributed by atoms with E-state index in [1.165, 1.54) is 25.1 Å². The minimum atomic E-state index is -4.55. The van der Waals surface area contributed by atoms with Gasteiger partial charge in [-0.1, -0.05) is 18.2 Å². The predicted molar refractivity (Wildman–Crippen MR) is 97.7 cm³/mol. The number of hydrogen-bond acceptors (Lipinski definition) is 4. The fraction of sp³-hybridized carbons (Fsp3) is 0.278. The van der Waals surface area contributed by atoms with Crippen LogP contribution in [0.4, 0.5) is 24.5 Å². The van der Waals surface area contributed by atoms with Gasteiger partial charge in [-0.3, -0.25) is 9.10 Å². The summed E-state index contributed by atoms with van der Waals surface area (Å²) in [5.74, 6) is -0.719. The summed E-state index contributed by atoms with van der Waals surface area (Å²) >= 11 is 0. The topological polar surface area (TPSA) is 75.7 Å². The lowest BCUT2D eigenvalue weighted by Gasteiger charge is -2.34. The van der Waals surface area contributed by atoms with Crippen molar-refractivity contribution in [2.75, 3.05) is 21.9 Å². The summed E-state index contributed by atoms with van der Waals surface area (Å²) in [5.41, 5.74) is -0.657. The first-order chi connectivity index (χ1) is 13.1. The number of benzene rings is 2. The monoisotopic (exact) mass is 414 g/mol. The van der Waals surface area contributed by atoms with Gasteiger partial charge in [-0.2, -0.15) is 13.2 Å². The van der Waals surface area contributed by atoms with E-state index in [0.717, 1.165) is 16.4 Å². The molecule has 0 unspecified atom stereocenters. The smallest absolute Gasteiger partial charge is 0.416 e. The van der Waals surface area contributed by atoms with Crippen molar-refractivity contribution in [2.24, 2.45) is 0 Å². The highest BCUT2D eigenvalue weighted by atomic mass is 32.2. The van der Waals surface area contributed by atoms with Crippen LogP contribution in [0.3, 0.4) is 0 Å². The first-order valence-corrected chi connectivity index (χ1v) is 9.97. The molecule has 0 saturated carbocycles. The van der Waals surface area contributed by atoms with Crippen LogP contribution in [0.1, 0.15) is 12.5 Å². The normalized spacial score (nSPS) is 16.9. The van der Waals surface area contributed by atoms with Crippen LogP contribution in [-0.2, 0) is 21.0 Å². The molecule has 1 aliphatic heterocycles. The van der Waals surface area contributed by atoms with Crippen LogP contribution in [0.5, 0.6) is 5.75 Å². The van der Waals surface area contributed by atoms with E-state index < -0.39 is 33.8 Å². The average molecular weight is 414 g/mol. The third-order valence-corrected chi connectivity index (χ3v) is 5.93. The Kier molecular flexibility index (Phi) is 5.24. The van der Waals surface area contributed by atoms with Gasteiger partial charge in [-0.05, 0) is 37.3 Å². The third kappa shape index (κ3) is 4.06. The number of nitrogens with one attached hydrogen (secondary N) is 1. The van der Waals surface area contributed by atoms with E-state index >= 15 is 0 Å². The molecule has 3 rings (SSSR count). The second kappa shape index (κ2) is 7.34. The third-order valence-electron chi connectivity index (χ3n) is 4.19. The summed E-state index contributed by atoms with van der Waals surface area (Å²) in [6.45, 7) is 1.20. The number of anilines is 2. The van der Waals surface area contributed by atoms with Gasteiger partial charge in [0.15, 0.2) is 6.10 Å². The number of alkyl halides is 3. The van der Waals surface area contributed by atoms with Gasteiger partial charge in [0.05, 0.1) is 23.5 Å². The van der Waals surface area contributed by atoms with Gasteiger partial charge in [-0.15, -0.1) is 0 Å². The zero-order valence-electron chi connectivity index (χ0n) is 14.7. The molecule has 6 nitrogen and oxygen atoms in total. The molecule has 1 atom stereocenters. The second-order valence-electron chi connectivity index (χ2n) is 6.07. The first-order valence-electron chi connectivity index (χ1n) is 8.36. The molecule has 1 aliphatic rings. The number of carbonyl (C=O) groups excluding carboxylic acids is 1. The Morgan fingerprint density at radius 1 is 1.21 bits per heavy atom. The number of amides is 1. The van der Waals surface area contributed by atoms with Gasteiger partial charge in [0.2, 0.25) is 10.0 Å². The first kappa shape index (κ1) is 20.0. The molecule has 0 fully saturated rings. The van der Waals surface area contributed by atoms with E-state index in [1.807, 2.05) is 0 Å². The van der Waals surface area contributed by atoms with Gasteiger partial charge in [0, 0.05) is 5.69 Å². The summed E-state index contributed by atoms with van der Waals surface area (Å²) in [6.07, 6.45) is -5.77.